The largest absolute Gasteiger partial charge is 0.342 e. The normalized spacial score (nSPS) is 26.6. The minimum atomic E-state index is -3.71. The first-order valence-corrected chi connectivity index (χ1v) is 9.37. The molecule has 0 amide bonds. The third-order valence-corrected chi connectivity index (χ3v) is 7.14. The van der Waals surface area contributed by atoms with Gasteiger partial charge in [-0.1, -0.05) is 12.2 Å². The summed E-state index contributed by atoms with van der Waals surface area (Å²) in [4.78, 5) is 10.8. The van der Waals surface area contributed by atoms with E-state index in [-0.39, 0.29) is 37.8 Å². The Hall–Kier alpha value is 0.350. The summed E-state index contributed by atoms with van der Waals surface area (Å²) in [6.45, 7) is -0.0236. The summed E-state index contributed by atoms with van der Waals surface area (Å²) in [5, 5.41) is 11.3. The number of allylic oxidation sites excluding steroid dienone is 1. The van der Waals surface area contributed by atoms with Crippen LogP contribution in [0.1, 0.15) is 12.8 Å². The highest BCUT2D eigenvalue weighted by Crippen LogP contribution is 2.61. The summed E-state index contributed by atoms with van der Waals surface area (Å²) in [7, 11) is -3.71. The fourth-order valence-electron chi connectivity index (χ4n) is 1.90. The predicted molar refractivity (Wildman–Crippen MR) is 81.8 cm³/mol. The standard InChI is InChI=1S/C10H15BrCl2NO5P/c11-10(14(15)16)4-2-1-3-9(10)20(17,18-7-5-12)19-8-6-13/h1-2,9H,3-8H2. The highest BCUT2D eigenvalue weighted by Gasteiger charge is 2.58. The predicted octanol–water partition coefficient (Wildman–Crippen LogP) is 3.78. The number of hydrogen-bond donors (Lipinski definition) is 0. The van der Waals surface area contributed by atoms with Crippen molar-refractivity contribution in [1.29, 1.82) is 0 Å². The van der Waals surface area contributed by atoms with Gasteiger partial charge in [0.05, 0.1) is 13.2 Å². The second-order valence-corrected chi connectivity index (χ2v) is 8.44. The van der Waals surface area contributed by atoms with Gasteiger partial charge in [0, 0.05) is 39.0 Å². The summed E-state index contributed by atoms with van der Waals surface area (Å²) in [5.41, 5.74) is -0.929. The van der Waals surface area contributed by atoms with Crippen LogP contribution in [0, 0.1) is 10.1 Å². The second-order valence-electron chi connectivity index (χ2n) is 4.09. The molecule has 0 aromatic rings. The molecule has 0 aromatic heterocycles. The smallest absolute Gasteiger partial charge is 0.307 e. The van der Waals surface area contributed by atoms with Gasteiger partial charge in [-0.25, -0.2) is 0 Å². The lowest BCUT2D eigenvalue weighted by atomic mass is 10.0. The number of alkyl halides is 3. The lowest BCUT2D eigenvalue weighted by Crippen LogP contribution is -2.45. The summed E-state index contributed by atoms with van der Waals surface area (Å²) >= 11 is 14.2. The first kappa shape index (κ1) is 18.4. The molecule has 0 bridgehead atoms. The quantitative estimate of drug-likeness (QED) is 0.152. The van der Waals surface area contributed by atoms with E-state index in [1.54, 1.807) is 12.2 Å². The number of nitro groups is 1. The molecule has 1 aliphatic carbocycles. The Morgan fingerprint density at radius 1 is 1.35 bits per heavy atom. The highest BCUT2D eigenvalue weighted by atomic mass is 79.9. The van der Waals surface area contributed by atoms with Crippen LogP contribution in [0.4, 0.5) is 0 Å². The van der Waals surface area contributed by atoms with Crippen LogP contribution < -0.4 is 0 Å². The van der Waals surface area contributed by atoms with E-state index in [4.69, 9.17) is 32.2 Å². The topological polar surface area (TPSA) is 78.7 Å². The van der Waals surface area contributed by atoms with E-state index in [1.165, 1.54) is 0 Å². The van der Waals surface area contributed by atoms with Gasteiger partial charge in [-0.2, -0.15) is 0 Å². The van der Waals surface area contributed by atoms with E-state index in [9.17, 15) is 14.7 Å². The third-order valence-electron chi connectivity index (χ3n) is 2.82. The lowest BCUT2D eigenvalue weighted by Gasteiger charge is -2.34. The molecular weight excluding hydrogens is 396 g/mol. The van der Waals surface area contributed by atoms with Crippen LogP contribution in [-0.2, 0) is 13.6 Å². The van der Waals surface area contributed by atoms with E-state index < -0.39 is 22.6 Å². The Labute approximate surface area is 135 Å². The van der Waals surface area contributed by atoms with Crippen LogP contribution in [0.2, 0.25) is 0 Å². The number of rotatable bonds is 8. The Bertz CT molecular complexity index is 412. The Morgan fingerprint density at radius 3 is 2.35 bits per heavy atom. The first-order valence-electron chi connectivity index (χ1n) is 5.90. The van der Waals surface area contributed by atoms with Crippen molar-refractivity contribution in [3.05, 3.63) is 22.3 Å². The first-order chi connectivity index (χ1) is 9.40. The van der Waals surface area contributed by atoms with Gasteiger partial charge in [0.15, 0.2) is 0 Å². The molecule has 1 aliphatic rings. The molecule has 0 spiro atoms. The van der Waals surface area contributed by atoms with Crippen molar-refractivity contribution in [1.82, 2.24) is 0 Å². The summed E-state index contributed by atoms with van der Waals surface area (Å²) in [5.74, 6) is 0.231. The Morgan fingerprint density at radius 2 is 1.90 bits per heavy atom. The van der Waals surface area contributed by atoms with Gasteiger partial charge in [0.25, 0.3) is 4.45 Å². The molecule has 10 heteroatoms. The van der Waals surface area contributed by atoms with Gasteiger partial charge in [-0.3, -0.25) is 14.7 Å². The van der Waals surface area contributed by atoms with Gasteiger partial charge in [-0.15, -0.1) is 23.2 Å². The zero-order chi connectivity index (χ0) is 15.2. The van der Waals surface area contributed by atoms with Gasteiger partial charge < -0.3 is 9.05 Å². The fraction of sp³-hybridized carbons (Fsp3) is 0.800. The zero-order valence-corrected chi connectivity index (χ0v) is 14.5. The maximum atomic E-state index is 12.9. The number of nitrogens with zero attached hydrogens (tertiary/aromatic N) is 1. The molecule has 2 unspecified atom stereocenters. The highest BCUT2D eigenvalue weighted by molar-refractivity contribution is 9.10. The van der Waals surface area contributed by atoms with Crippen molar-refractivity contribution in [2.24, 2.45) is 0 Å². The molecule has 6 nitrogen and oxygen atoms in total. The lowest BCUT2D eigenvalue weighted by molar-refractivity contribution is -0.535. The monoisotopic (exact) mass is 409 g/mol. The van der Waals surface area contributed by atoms with Gasteiger partial charge in [0.1, 0.15) is 5.66 Å². The van der Waals surface area contributed by atoms with E-state index in [2.05, 4.69) is 15.9 Å². The molecular formula is C10H15BrCl2NO5P. The molecule has 116 valence electrons. The SMILES string of the molecule is O=[N+]([O-])C1(Br)CC=CCC1P(=O)(OCCCl)OCCCl. The number of halogens is 3. The second kappa shape index (κ2) is 8.11. The minimum Gasteiger partial charge on any atom is -0.307 e. The Balaban J connectivity index is 3.06. The van der Waals surface area contributed by atoms with E-state index >= 15 is 0 Å². The Kier molecular flexibility index (Phi) is 7.46. The molecule has 0 radical (unpaired) electrons. The molecule has 0 heterocycles. The van der Waals surface area contributed by atoms with Crippen LogP contribution in [0.25, 0.3) is 0 Å². The van der Waals surface area contributed by atoms with E-state index in [0.29, 0.717) is 0 Å². The maximum Gasteiger partial charge on any atom is 0.342 e. The maximum absolute atomic E-state index is 12.9. The van der Waals surface area contributed by atoms with E-state index in [1.807, 2.05) is 0 Å². The molecule has 0 saturated carbocycles. The molecule has 0 aromatic carbocycles. The average molecular weight is 411 g/mol. The van der Waals surface area contributed by atoms with Crippen LogP contribution in [-0.4, -0.2) is 40.0 Å². The van der Waals surface area contributed by atoms with Crippen molar-refractivity contribution < 1.29 is 18.5 Å². The molecule has 0 fully saturated rings. The van der Waals surface area contributed by atoms with Crippen molar-refractivity contribution in [3.63, 3.8) is 0 Å². The van der Waals surface area contributed by atoms with Gasteiger partial charge in [-0.05, 0) is 6.42 Å². The average Bonchev–Trinajstić information content (AvgIpc) is 2.43. The molecule has 1 rings (SSSR count). The van der Waals surface area contributed by atoms with Crippen molar-refractivity contribution in [2.75, 3.05) is 25.0 Å². The van der Waals surface area contributed by atoms with Crippen molar-refractivity contribution in [3.8, 4) is 0 Å². The molecule has 0 saturated heterocycles. The third kappa shape index (κ3) is 4.18. The van der Waals surface area contributed by atoms with Crippen LogP contribution >= 0.6 is 46.7 Å². The number of hydrogen-bond acceptors (Lipinski definition) is 5. The fourth-order valence-corrected chi connectivity index (χ4v) is 5.58. The zero-order valence-electron chi connectivity index (χ0n) is 10.5. The van der Waals surface area contributed by atoms with Gasteiger partial charge >= 0.3 is 7.60 Å². The molecule has 0 N–H and O–H groups in total. The molecule has 20 heavy (non-hydrogen) atoms. The summed E-state index contributed by atoms with van der Waals surface area (Å²) in [6.07, 6.45) is 3.72. The van der Waals surface area contributed by atoms with Crippen LogP contribution in [0.15, 0.2) is 12.2 Å². The van der Waals surface area contributed by atoms with Crippen molar-refractivity contribution >= 4 is 46.7 Å². The van der Waals surface area contributed by atoms with Crippen molar-refractivity contribution in [2.45, 2.75) is 22.9 Å². The van der Waals surface area contributed by atoms with Crippen LogP contribution in [0.5, 0.6) is 0 Å². The molecule has 2 atom stereocenters. The summed E-state index contributed by atoms with van der Waals surface area (Å²) in [6, 6.07) is 0. The van der Waals surface area contributed by atoms with E-state index in [0.717, 1.165) is 0 Å². The summed E-state index contributed by atoms with van der Waals surface area (Å²) < 4.78 is 21.8. The minimum absolute atomic E-state index is 0.0118. The van der Waals surface area contributed by atoms with Gasteiger partial charge in [0.2, 0.25) is 0 Å². The molecule has 0 aliphatic heterocycles. The van der Waals surface area contributed by atoms with Crippen LogP contribution in [0.3, 0.4) is 0 Å².